The van der Waals surface area contributed by atoms with E-state index in [0.29, 0.717) is 53.4 Å². The number of ether oxygens (including phenoxy) is 1. The number of benzene rings is 1. The van der Waals surface area contributed by atoms with Gasteiger partial charge in [-0.15, -0.1) is 0 Å². The van der Waals surface area contributed by atoms with Crippen LogP contribution >= 0.6 is 0 Å². The third-order valence-corrected chi connectivity index (χ3v) is 6.05. The van der Waals surface area contributed by atoms with Crippen LogP contribution in [0.3, 0.4) is 0 Å². The Bertz CT molecular complexity index is 1430. The maximum absolute atomic E-state index is 13.3. The number of rotatable bonds is 5. The Balaban J connectivity index is 1.69. The number of pyridine rings is 1. The minimum Gasteiger partial charge on any atom is -0.383 e. The van der Waals surface area contributed by atoms with Crippen LogP contribution in [0.25, 0.3) is 21.9 Å². The maximum Gasteiger partial charge on any atom is 0.264 e. The first-order valence-electron chi connectivity index (χ1n) is 10.7. The standard InChI is InChI=1S/C23H24N6O3/c1-27-21(30)16-8-5-11-24-19(16)26-23(27)28-12-6-10-18(28)20-25-17-9-4-3-7-15(17)22(31)29(20)13-14-32-2/h3-5,7-9,11,18H,6,10,12-14H2,1-2H3. The SMILES string of the molecule is COCCn1c(C2CCCN2c2nc3ncccc3c(=O)n2C)nc2ccccc2c1=O. The maximum atomic E-state index is 13.3. The van der Waals surface area contributed by atoms with Crippen LogP contribution in [-0.4, -0.2) is 44.3 Å². The highest BCUT2D eigenvalue weighted by molar-refractivity contribution is 5.77. The molecule has 3 aromatic heterocycles. The van der Waals surface area contributed by atoms with Crippen LogP contribution in [0.15, 0.2) is 52.2 Å². The summed E-state index contributed by atoms with van der Waals surface area (Å²) in [6.45, 7) is 1.50. The number of hydrogen-bond donors (Lipinski definition) is 0. The Morgan fingerprint density at radius 1 is 1.06 bits per heavy atom. The largest absolute Gasteiger partial charge is 0.383 e. The number of hydrogen-bond acceptors (Lipinski definition) is 7. The fraction of sp³-hybridized carbons (Fsp3) is 0.348. The van der Waals surface area contributed by atoms with Gasteiger partial charge < -0.3 is 9.64 Å². The Morgan fingerprint density at radius 3 is 2.72 bits per heavy atom. The summed E-state index contributed by atoms with van der Waals surface area (Å²) in [5.74, 6) is 1.20. The second-order valence-corrected chi connectivity index (χ2v) is 7.94. The molecule has 1 fully saturated rings. The van der Waals surface area contributed by atoms with Gasteiger partial charge in [-0.25, -0.2) is 9.97 Å². The van der Waals surface area contributed by atoms with E-state index in [0.717, 1.165) is 12.8 Å². The summed E-state index contributed by atoms with van der Waals surface area (Å²) in [6, 6.07) is 10.6. The fourth-order valence-electron chi connectivity index (χ4n) is 4.46. The van der Waals surface area contributed by atoms with Gasteiger partial charge in [-0.05, 0) is 37.1 Å². The lowest BCUT2D eigenvalue weighted by molar-refractivity contribution is 0.184. The summed E-state index contributed by atoms with van der Waals surface area (Å²) in [7, 11) is 3.33. The highest BCUT2D eigenvalue weighted by Crippen LogP contribution is 2.34. The Hall–Kier alpha value is -3.59. The van der Waals surface area contributed by atoms with Crippen molar-refractivity contribution in [2.45, 2.75) is 25.4 Å². The van der Waals surface area contributed by atoms with Crippen LogP contribution in [-0.2, 0) is 18.3 Å². The van der Waals surface area contributed by atoms with Crippen molar-refractivity contribution in [2.24, 2.45) is 7.05 Å². The van der Waals surface area contributed by atoms with Crippen molar-refractivity contribution in [3.63, 3.8) is 0 Å². The number of anilines is 1. The van der Waals surface area contributed by atoms with Crippen molar-refractivity contribution < 1.29 is 4.74 Å². The van der Waals surface area contributed by atoms with Gasteiger partial charge in [0.25, 0.3) is 11.1 Å². The molecule has 4 heterocycles. The average Bonchev–Trinajstić information content (AvgIpc) is 3.30. The van der Waals surface area contributed by atoms with Crippen LogP contribution < -0.4 is 16.0 Å². The van der Waals surface area contributed by atoms with Gasteiger partial charge in [-0.2, -0.15) is 4.98 Å². The van der Waals surface area contributed by atoms with Crippen LogP contribution in [0, 0.1) is 0 Å². The van der Waals surface area contributed by atoms with E-state index in [2.05, 4.69) is 9.88 Å². The van der Waals surface area contributed by atoms with E-state index < -0.39 is 0 Å². The normalized spacial score (nSPS) is 16.3. The van der Waals surface area contributed by atoms with Crippen molar-refractivity contribution in [3.8, 4) is 0 Å². The third-order valence-electron chi connectivity index (χ3n) is 6.05. The lowest BCUT2D eigenvalue weighted by Gasteiger charge is -2.28. The first kappa shape index (κ1) is 20.3. The molecule has 1 aliphatic heterocycles. The molecule has 1 saturated heterocycles. The molecule has 0 amide bonds. The van der Waals surface area contributed by atoms with Gasteiger partial charge in [0.05, 0.1) is 35.5 Å². The number of aromatic nitrogens is 5. The van der Waals surface area contributed by atoms with Crippen molar-refractivity contribution in [1.29, 1.82) is 0 Å². The molecule has 0 radical (unpaired) electrons. The Labute approximate surface area is 183 Å². The predicted molar refractivity (Wildman–Crippen MR) is 122 cm³/mol. The molecular formula is C23H24N6O3. The first-order valence-corrected chi connectivity index (χ1v) is 10.7. The third kappa shape index (κ3) is 3.25. The molecule has 4 aromatic rings. The monoisotopic (exact) mass is 432 g/mol. The summed E-state index contributed by atoms with van der Waals surface area (Å²) >= 11 is 0. The quantitative estimate of drug-likeness (QED) is 0.476. The second kappa shape index (κ2) is 8.16. The topological polar surface area (TPSA) is 95.1 Å². The first-order chi connectivity index (χ1) is 15.6. The Morgan fingerprint density at radius 2 is 1.88 bits per heavy atom. The average molecular weight is 432 g/mol. The van der Waals surface area contributed by atoms with Crippen LogP contribution in [0.1, 0.15) is 24.7 Å². The van der Waals surface area contributed by atoms with Gasteiger partial charge in [0, 0.05) is 26.9 Å². The van der Waals surface area contributed by atoms with Gasteiger partial charge >= 0.3 is 0 Å². The van der Waals surface area contributed by atoms with Gasteiger partial charge in [0.1, 0.15) is 5.82 Å². The molecule has 9 heteroatoms. The minimum absolute atomic E-state index is 0.0865. The summed E-state index contributed by atoms with van der Waals surface area (Å²) in [5.41, 5.74) is 0.845. The Kier molecular flexibility index (Phi) is 5.18. The van der Waals surface area contributed by atoms with Gasteiger partial charge in [0.2, 0.25) is 5.95 Å². The summed E-state index contributed by atoms with van der Waals surface area (Å²) in [5, 5.41) is 1.06. The molecule has 164 valence electrons. The highest BCUT2D eigenvalue weighted by atomic mass is 16.5. The van der Waals surface area contributed by atoms with E-state index in [4.69, 9.17) is 14.7 Å². The molecule has 0 aliphatic carbocycles. The zero-order valence-electron chi connectivity index (χ0n) is 18.1. The smallest absolute Gasteiger partial charge is 0.264 e. The number of para-hydroxylation sites is 1. The van der Waals surface area contributed by atoms with Crippen molar-refractivity contribution >= 4 is 27.9 Å². The van der Waals surface area contributed by atoms with Crippen molar-refractivity contribution in [3.05, 3.63) is 69.1 Å². The molecule has 1 aromatic carbocycles. The molecule has 0 bridgehead atoms. The summed E-state index contributed by atoms with van der Waals surface area (Å²) < 4.78 is 8.51. The predicted octanol–water partition coefficient (Wildman–Crippen LogP) is 2.03. The van der Waals surface area contributed by atoms with Crippen molar-refractivity contribution in [1.82, 2.24) is 24.1 Å². The molecule has 1 atom stereocenters. The molecule has 32 heavy (non-hydrogen) atoms. The van der Waals surface area contributed by atoms with Crippen LogP contribution in [0.5, 0.6) is 0 Å². The summed E-state index contributed by atoms with van der Waals surface area (Å²) in [6.07, 6.45) is 3.33. The number of fused-ring (bicyclic) bond motifs is 2. The second-order valence-electron chi connectivity index (χ2n) is 7.94. The summed E-state index contributed by atoms with van der Waals surface area (Å²) in [4.78, 5) is 42.2. The van der Waals surface area contributed by atoms with Crippen molar-refractivity contribution in [2.75, 3.05) is 25.2 Å². The molecule has 1 aliphatic rings. The lowest BCUT2D eigenvalue weighted by atomic mass is 10.1. The minimum atomic E-state index is -0.191. The van der Waals surface area contributed by atoms with Gasteiger partial charge in [-0.1, -0.05) is 12.1 Å². The molecule has 9 nitrogen and oxygen atoms in total. The zero-order chi connectivity index (χ0) is 22.2. The van der Waals surface area contributed by atoms with E-state index >= 15 is 0 Å². The van der Waals surface area contributed by atoms with Crippen LogP contribution in [0.2, 0.25) is 0 Å². The molecule has 0 N–H and O–H groups in total. The van der Waals surface area contributed by atoms with Crippen LogP contribution in [0.4, 0.5) is 5.95 Å². The fourth-order valence-corrected chi connectivity index (χ4v) is 4.46. The molecule has 1 unspecified atom stereocenters. The number of nitrogens with zero attached hydrogens (tertiary/aromatic N) is 6. The van der Waals surface area contributed by atoms with E-state index in [1.165, 1.54) is 0 Å². The molecule has 0 spiro atoms. The van der Waals surface area contributed by atoms with Gasteiger partial charge in [0.15, 0.2) is 5.65 Å². The highest BCUT2D eigenvalue weighted by Gasteiger charge is 2.33. The van der Waals surface area contributed by atoms with E-state index in [1.807, 2.05) is 18.2 Å². The zero-order valence-corrected chi connectivity index (χ0v) is 18.1. The molecular weight excluding hydrogens is 408 g/mol. The van der Waals surface area contributed by atoms with E-state index in [9.17, 15) is 9.59 Å². The lowest BCUT2D eigenvalue weighted by Crippen LogP contribution is -2.36. The molecule has 0 saturated carbocycles. The van der Waals surface area contributed by atoms with E-state index in [1.54, 1.807) is 47.7 Å². The van der Waals surface area contributed by atoms with E-state index in [-0.39, 0.29) is 17.2 Å². The molecule has 5 rings (SSSR count). The number of methoxy groups -OCH3 is 1. The van der Waals surface area contributed by atoms with Gasteiger partial charge in [-0.3, -0.25) is 18.7 Å².